The first-order valence-electron chi connectivity index (χ1n) is 6.54. The highest BCUT2D eigenvalue weighted by molar-refractivity contribution is 5.86. The fourth-order valence-electron chi connectivity index (χ4n) is 2.26. The summed E-state index contributed by atoms with van der Waals surface area (Å²) >= 11 is 0. The van der Waals surface area contributed by atoms with Crippen molar-refractivity contribution in [1.29, 1.82) is 0 Å². The number of nitrogens with one attached hydrogen (secondary N) is 1. The van der Waals surface area contributed by atoms with Crippen LogP contribution in [0, 0.1) is 5.92 Å². The molecule has 3 nitrogen and oxygen atoms in total. The lowest BCUT2D eigenvalue weighted by atomic mass is 9.97. The molecule has 0 aliphatic heterocycles. The molecule has 0 aromatic rings. The van der Waals surface area contributed by atoms with E-state index in [0.29, 0.717) is 5.92 Å². The maximum absolute atomic E-state index is 12.0. The van der Waals surface area contributed by atoms with Crippen LogP contribution in [-0.4, -0.2) is 17.5 Å². The quantitative estimate of drug-likeness (QED) is 0.755. The van der Waals surface area contributed by atoms with Gasteiger partial charge in [-0.25, -0.2) is 0 Å². The average Bonchev–Trinajstić information content (AvgIpc) is 2.63. The smallest absolute Gasteiger partial charge is 0.240 e. The second-order valence-corrected chi connectivity index (χ2v) is 5.71. The molecular weight excluding hydrogens is 200 g/mol. The summed E-state index contributed by atoms with van der Waals surface area (Å²) in [5.74, 6) is 0.749. The third kappa shape index (κ3) is 3.78. The minimum absolute atomic E-state index is 0.0567. The van der Waals surface area contributed by atoms with Gasteiger partial charge >= 0.3 is 0 Å². The summed E-state index contributed by atoms with van der Waals surface area (Å²) in [6.45, 7) is 6.48. The lowest BCUT2D eigenvalue weighted by Crippen LogP contribution is -2.54. The van der Waals surface area contributed by atoms with Crippen LogP contribution in [-0.2, 0) is 4.79 Å². The van der Waals surface area contributed by atoms with Crippen molar-refractivity contribution in [2.75, 3.05) is 0 Å². The Morgan fingerprint density at radius 1 is 1.25 bits per heavy atom. The topological polar surface area (TPSA) is 55.1 Å². The largest absolute Gasteiger partial charge is 0.352 e. The van der Waals surface area contributed by atoms with Gasteiger partial charge in [0.05, 0.1) is 5.54 Å². The number of nitrogens with two attached hydrogens (primary N) is 1. The first-order valence-corrected chi connectivity index (χ1v) is 6.54. The van der Waals surface area contributed by atoms with E-state index < -0.39 is 5.54 Å². The van der Waals surface area contributed by atoms with Crippen molar-refractivity contribution < 1.29 is 4.79 Å². The molecule has 0 aromatic heterocycles. The van der Waals surface area contributed by atoms with Crippen molar-refractivity contribution in [3.8, 4) is 0 Å². The minimum Gasteiger partial charge on any atom is -0.352 e. The van der Waals surface area contributed by atoms with Gasteiger partial charge in [0, 0.05) is 6.04 Å². The maximum Gasteiger partial charge on any atom is 0.240 e. The molecule has 1 atom stereocenters. The molecule has 0 radical (unpaired) electrons. The highest BCUT2D eigenvalue weighted by atomic mass is 16.2. The van der Waals surface area contributed by atoms with Crippen LogP contribution in [0.1, 0.15) is 59.3 Å². The van der Waals surface area contributed by atoms with E-state index in [-0.39, 0.29) is 11.9 Å². The number of amides is 1. The molecule has 1 rings (SSSR count). The summed E-state index contributed by atoms with van der Waals surface area (Å²) in [6, 6.07) is 0.246. The van der Waals surface area contributed by atoms with Crippen LogP contribution in [0.2, 0.25) is 0 Å². The van der Waals surface area contributed by atoms with Gasteiger partial charge in [0.1, 0.15) is 0 Å². The Morgan fingerprint density at radius 2 is 1.81 bits per heavy atom. The second kappa shape index (κ2) is 5.67. The SMILES string of the molecule is CC(C)CCC(C)NC(=O)C1(N)CCCC1. The molecule has 1 saturated carbocycles. The standard InChI is InChI=1S/C13H26N2O/c1-10(2)6-7-11(3)15-12(16)13(14)8-4-5-9-13/h10-11H,4-9,14H2,1-3H3,(H,15,16). The van der Waals surface area contributed by atoms with Crippen LogP contribution < -0.4 is 11.1 Å². The van der Waals surface area contributed by atoms with E-state index in [1.807, 2.05) is 0 Å². The third-order valence-electron chi connectivity index (χ3n) is 3.50. The van der Waals surface area contributed by atoms with Gasteiger partial charge in [-0.3, -0.25) is 4.79 Å². The third-order valence-corrected chi connectivity index (χ3v) is 3.50. The highest BCUT2D eigenvalue weighted by Crippen LogP contribution is 2.27. The highest BCUT2D eigenvalue weighted by Gasteiger charge is 2.37. The number of hydrogen-bond donors (Lipinski definition) is 2. The van der Waals surface area contributed by atoms with Crippen molar-refractivity contribution in [3.63, 3.8) is 0 Å². The lowest BCUT2D eigenvalue weighted by Gasteiger charge is -2.25. The molecule has 94 valence electrons. The number of carbonyl (C=O) groups is 1. The van der Waals surface area contributed by atoms with E-state index in [2.05, 4.69) is 26.1 Å². The molecule has 1 amide bonds. The fourth-order valence-corrected chi connectivity index (χ4v) is 2.26. The van der Waals surface area contributed by atoms with Crippen molar-refractivity contribution in [2.45, 2.75) is 70.9 Å². The van der Waals surface area contributed by atoms with E-state index in [1.54, 1.807) is 0 Å². The molecule has 16 heavy (non-hydrogen) atoms. The Labute approximate surface area is 99.2 Å². The summed E-state index contributed by atoms with van der Waals surface area (Å²) in [7, 11) is 0. The van der Waals surface area contributed by atoms with E-state index in [1.165, 1.54) is 0 Å². The Morgan fingerprint density at radius 3 is 2.31 bits per heavy atom. The van der Waals surface area contributed by atoms with Crippen LogP contribution in [0.25, 0.3) is 0 Å². The molecule has 1 aliphatic carbocycles. The second-order valence-electron chi connectivity index (χ2n) is 5.71. The van der Waals surface area contributed by atoms with Gasteiger partial charge in [0.25, 0.3) is 0 Å². The maximum atomic E-state index is 12.0. The monoisotopic (exact) mass is 226 g/mol. The van der Waals surface area contributed by atoms with Gasteiger partial charge in [-0.2, -0.15) is 0 Å². The summed E-state index contributed by atoms with van der Waals surface area (Å²) < 4.78 is 0. The van der Waals surface area contributed by atoms with Crippen molar-refractivity contribution in [1.82, 2.24) is 5.32 Å². The van der Waals surface area contributed by atoms with Crippen molar-refractivity contribution >= 4 is 5.91 Å². The zero-order valence-electron chi connectivity index (χ0n) is 10.9. The number of carbonyl (C=O) groups excluding carboxylic acids is 1. The van der Waals surface area contributed by atoms with Gasteiger partial charge in [-0.15, -0.1) is 0 Å². The zero-order valence-corrected chi connectivity index (χ0v) is 10.9. The average molecular weight is 226 g/mol. The number of rotatable bonds is 5. The molecule has 3 heteroatoms. The fraction of sp³-hybridized carbons (Fsp3) is 0.923. The summed E-state index contributed by atoms with van der Waals surface area (Å²) in [4.78, 5) is 12.0. The van der Waals surface area contributed by atoms with Crippen LogP contribution in [0.4, 0.5) is 0 Å². The van der Waals surface area contributed by atoms with Crippen LogP contribution in [0.15, 0.2) is 0 Å². The normalized spacial score (nSPS) is 21.1. The van der Waals surface area contributed by atoms with Gasteiger partial charge < -0.3 is 11.1 Å². The molecule has 0 aromatic carbocycles. The molecule has 0 spiro atoms. The molecule has 3 N–H and O–H groups in total. The Bertz CT molecular complexity index is 232. The molecule has 0 heterocycles. The predicted molar refractivity (Wildman–Crippen MR) is 67.1 cm³/mol. The first kappa shape index (κ1) is 13.5. The molecule has 0 bridgehead atoms. The molecule has 1 fully saturated rings. The van der Waals surface area contributed by atoms with Crippen LogP contribution in [0.5, 0.6) is 0 Å². The van der Waals surface area contributed by atoms with Gasteiger partial charge in [-0.1, -0.05) is 26.7 Å². The van der Waals surface area contributed by atoms with E-state index >= 15 is 0 Å². The summed E-state index contributed by atoms with van der Waals surface area (Å²) in [5.41, 5.74) is 5.52. The Balaban J connectivity index is 2.33. The van der Waals surface area contributed by atoms with Gasteiger partial charge in [0.2, 0.25) is 5.91 Å². The lowest BCUT2D eigenvalue weighted by molar-refractivity contribution is -0.126. The van der Waals surface area contributed by atoms with Crippen LogP contribution >= 0.6 is 0 Å². The molecule has 1 unspecified atom stereocenters. The molecule has 0 saturated heterocycles. The number of hydrogen-bond acceptors (Lipinski definition) is 2. The molecule has 1 aliphatic rings. The Hall–Kier alpha value is -0.570. The van der Waals surface area contributed by atoms with E-state index in [9.17, 15) is 4.79 Å². The van der Waals surface area contributed by atoms with E-state index in [0.717, 1.165) is 38.5 Å². The predicted octanol–water partition coefficient (Wildman–Crippen LogP) is 2.20. The first-order chi connectivity index (χ1) is 7.44. The van der Waals surface area contributed by atoms with Gasteiger partial charge in [-0.05, 0) is 38.5 Å². The minimum atomic E-state index is -0.577. The van der Waals surface area contributed by atoms with Crippen molar-refractivity contribution in [3.05, 3.63) is 0 Å². The zero-order chi connectivity index (χ0) is 12.2. The summed E-state index contributed by atoms with van der Waals surface area (Å²) in [5, 5.41) is 3.05. The van der Waals surface area contributed by atoms with Crippen molar-refractivity contribution in [2.24, 2.45) is 11.7 Å². The Kier molecular flexibility index (Phi) is 4.78. The van der Waals surface area contributed by atoms with Gasteiger partial charge in [0.15, 0.2) is 0 Å². The van der Waals surface area contributed by atoms with E-state index in [4.69, 9.17) is 5.73 Å². The summed E-state index contributed by atoms with van der Waals surface area (Å²) in [6.07, 6.45) is 6.05. The molecular formula is C13H26N2O. The van der Waals surface area contributed by atoms with Crippen LogP contribution in [0.3, 0.4) is 0 Å².